The molecule has 158 valence electrons. The van der Waals surface area contributed by atoms with Gasteiger partial charge < -0.3 is 15.1 Å². The van der Waals surface area contributed by atoms with Gasteiger partial charge in [0.05, 0.1) is 28.3 Å². The van der Waals surface area contributed by atoms with Gasteiger partial charge in [0, 0.05) is 44.6 Å². The molecule has 2 N–H and O–H groups in total. The third-order valence-electron chi connectivity index (χ3n) is 5.95. The minimum absolute atomic E-state index is 0.172. The fourth-order valence-corrected chi connectivity index (χ4v) is 5.30. The van der Waals surface area contributed by atoms with Crippen molar-refractivity contribution in [3.8, 4) is 0 Å². The first-order valence-corrected chi connectivity index (χ1v) is 11.7. The largest absolute Gasteiger partial charge is 0.375 e. The number of thiazole rings is 1. The summed E-state index contributed by atoms with van der Waals surface area (Å²) < 4.78 is 1.28. The highest BCUT2D eigenvalue weighted by molar-refractivity contribution is 7.18. The molecular formula is C24H31N4OS+. The molecule has 6 heteroatoms. The normalized spacial score (nSPS) is 19.0. The molecule has 1 saturated heterocycles. The van der Waals surface area contributed by atoms with Crippen molar-refractivity contribution in [2.75, 3.05) is 44.7 Å². The number of aromatic nitrogens is 1. The van der Waals surface area contributed by atoms with Crippen LogP contribution in [0.25, 0.3) is 10.2 Å². The molecule has 2 aromatic carbocycles. The molecule has 0 unspecified atom stereocenters. The van der Waals surface area contributed by atoms with E-state index in [-0.39, 0.29) is 5.91 Å². The van der Waals surface area contributed by atoms with Gasteiger partial charge in [-0.1, -0.05) is 30.3 Å². The van der Waals surface area contributed by atoms with Crippen LogP contribution in [0.1, 0.15) is 30.2 Å². The smallest absolute Gasteiger partial charge is 0.275 e. The molecule has 3 aromatic rings. The summed E-state index contributed by atoms with van der Waals surface area (Å²) in [4.78, 5) is 20.8. The number of likely N-dealkylation sites (tertiary alicyclic amines) is 1. The first-order chi connectivity index (χ1) is 14.7. The first kappa shape index (κ1) is 20.8. The lowest BCUT2D eigenvalue weighted by Gasteiger charge is -2.27. The van der Waals surface area contributed by atoms with E-state index in [9.17, 15) is 4.79 Å². The third kappa shape index (κ3) is 5.37. The number of amides is 1. The van der Waals surface area contributed by atoms with Gasteiger partial charge in [0.1, 0.15) is 0 Å². The molecule has 0 aliphatic carbocycles. The van der Waals surface area contributed by atoms with Gasteiger partial charge in [-0.15, -0.1) is 11.3 Å². The Balaban J connectivity index is 1.15. The van der Waals surface area contributed by atoms with Crippen LogP contribution in [0.2, 0.25) is 0 Å². The monoisotopic (exact) mass is 423 g/mol. The van der Waals surface area contributed by atoms with Gasteiger partial charge in [0.25, 0.3) is 5.91 Å². The molecule has 1 amide bonds. The summed E-state index contributed by atoms with van der Waals surface area (Å²) in [5, 5.41) is 4.37. The number of fused-ring (bicyclic) bond motifs is 1. The van der Waals surface area contributed by atoms with Crippen LogP contribution in [0.5, 0.6) is 0 Å². The molecule has 0 radical (unpaired) electrons. The number of carbonyl (C=O) groups is 1. The van der Waals surface area contributed by atoms with Crippen LogP contribution >= 0.6 is 11.3 Å². The minimum atomic E-state index is 0.172. The van der Waals surface area contributed by atoms with Crippen LogP contribution in [-0.2, 0) is 4.79 Å². The Morgan fingerprint density at radius 2 is 1.87 bits per heavy atom. The molecule has 1 fully saturated rings. The van der Waals surface area contributed by atoms with E-state index >= 15 is 0 Å². The van der Waals surface area contributed by atoms with Crippen molar-refractivity contribution in [3.05, 3.63) is 59.6 Å². The lowest BCUT2D eigenvalue weighted by molar-refractivity contribution is -0.897. The minimum Gasteiger partial charge on any atom is -0.375 e. The number of nitrogens with zero attached hydrogens (tertiary/aromatic N) is 2. The van der Waals surface area contributed by atoms with Gasteiger partial charge in [-0.2, -0.15) is 0 Å². The predicted octanol–water partition coefficient (Wildman–Crippen LogP) is 2.70. The van der Waals surface area contributed by atoms with E-state index in [2.05, 4.69) is 65.8 Å². The maximum Gasteiger partial charge on any atom is 0.275 e. The zero-order chi connectivity index (χ0) is 20.8. The second kappa shape index (κ2) is 10.0. The average molecular weight is 424 g/mol. The van der Waals surface area contributed by atoms with Crippen molar-refractivity contribution in [2.24, 2.45) is 0 Å². The van der Waals surface area contributed by atoms with Crippen LogP contribution in [0.4, 0.5) is 5.69 Å². The maximum atomic E-state index is 12.3. The zero-order valence-corrected chi connectivity index (χ0v) is 18.5. The van der Waals surface area contributed by atoms with Gasteiger partial charge in [-0.05, 0) is 30.7 Å². The maximum absolute atomic E-state index is 12.3. The number of anilines is 1. The summed E-state index contributed by atoms with van der Waals surface area (Å²) in [6, 6.07) is 18.7. The standard InChI is InChI=1S/C24H30N4OS/c1-27(20-8-3-2-4-9-20)15-7-14-25-23(29)18-28-16-12-19(13-17-28)24-26-21-10-5-6-11-22(21)30-24/h2-6,8-11,19H,7,12-18H2,1H3,(H,25,29)/p+1. The highest BCUT2D eigenvalue weighted by atomic mass is 32.1. The van der Waals surface area contributed by atoms with E-state index in [0.717, 1.165) is 51.0 Å². The number of nitrogens with one attached hydrogen (secondary N) is 2. The van der Waals surface area contributed by atoms with E-state index in [1.807, 2.05) is 17.4 Å². The molecule has 1 aliphatic heterocycles. The van der Waals surface area contributed by atoms with Gasteiger partial charge >= 0.3 is 0 Å². The fraction of sp³-hybridized carbons (Fsp3) is 0.417. The number of hydrogen-bond donors (Lipinski definition) is 2. The van der Waals surface area contributed by atoms with Crippen molar-refractivity contribution in [2.45, 2.75) is 25.2 Å². The SMILES string of the molecule is CN(CCCNC(=O)C[NH+]1CCC(c2nc3ccccc3s2)CC1)c1ccccc1. The molecule has 2 heterocycles. The van der Waals surface area contributed by atoms with Crippen molar-refractivity contribution in [1.82, 2.24) is 10.3 Å². The summed E-state index contributed by atoms with van der Waals surface area (Å²) in [6.45, 7) is 4.35. The number of benzene rings is 2. The Morgan fingerprint density at radius 3 is 2.63 bits per heavy atom. The summed E-state index contributed by atoms with van der Waals surface area (Å²) in [5.74, 6) is 0.716. The molecule has 0 spiro atoms. The molecule has 1 aliphatic rings. The van der Waals surface area contributed by atoms with Crippen LogP contribution < -0.4 is 15.1 Å². The Hall–Kier alpha value is -2.44. The van der Waals surface area contributed by atoms with E-state index in [4.69, 9.17) is 4.98 Å². The van der Waals surface area contributed by atoms with Crippen molar-refractivity contribution >= 4 is 33.1 Å². The summed E-state index contributed by atoms with van der Waals surface area (Å²) in [6.07, 6.45) is 3.18. The molecule has 0 atom stereocenters. The number of rotatable bonds is 8. The van der Waals surface area contributed by atoms with Crippen molar-refractivity contribution in [3.63, 3.8) is 0 Å². The van der Waals surface area contributed by atoms with Gasteiger partial charge in [-0.25, -0.2) is 4.98 Å². The summed E-state index contributed by atoms with van der Waals surface area (Å²) in [5.41, 5.74) is 2.33. The van der Waals surface area contributed by atoms with Crippen LogP contribution in [0, 0.1) is 0 Å². The third-order valence-corrected chi connectivity index (χ3v) is 7.15. The molecular weight excluding hydrogens is 392 g/mol. The number of hydrogen-bond acceptors (Lipinski definition) is 4. The predicted molar refractivity (Wildman–Crippen MR) is 124 cm³/mol. The molecule has 30 heavy (non-hydrogen) atoms. The zero-order valence-electron chi connectivity index (χ0n) is 17.6. The van der Waals surface area contributed by atoms with Gasteiger partial charge in [-0.3, -0.25) is 4.79 Å². The average Bonchev–Trinajstić information content (AvgIpc) is 3.22. The summed E-state index contributed by atoms with van der Waals surface area (Å²) >= 11 is 1.83. The van der Waals surface area contributed by atoms with Crippen molar-refractivity contribution < 1.29 is 9.69 Å². The number of carbonyl (C=O) groups excluding carboxylic acids is 1. The van der Waals surface area contributed by atoms with Crippen LogP contribution in [-0.4, -0.2) is 50.7 Å². The lowest BCUT2D eigenvalue weighted by Crippen LogP contribution is -3.14. The Kier molecular flexibility index (Phi) is 6.97. The Bertz CT molecular complexity index is 917. The Labute approximate surface area is 182 Å². The highest BCUT2D eigenvalue weighted by Crippen LogP contribution is 2.31. The lowest BCUT2D eigenvalue weighted by atomic mass is 9.97. The molecule has 0 bridgehead atoms. The molecule has 4 rings (SSSR count). The van der Waals surface area contributed by atoms with E-state index < -0.39 is 0 Å². The van der Waals surface area contributed by atoms with Gasteiger partial charge in [0.15, 0.2) is 6.54 Å². The summed E-state index contributed by atoms with van der Waals surface area (Å²) in [7, 11) is 2.09. The quantitative estimate of drug-likeness (QED) is 0.548. The topological polar surface area (TPSA) is 49.7 Å². The highest BCUT2D eigenvalue weighted by Gasteiger charge is 2.26. The van der Waals surface area contributed by atoms with Gasteiger partial charge in [0.2, 0.25) is 0 Å². The number of para-hydroxylation sites is 2. The van der Waals surface area contributed by atoms with E-state index in [1.54, 1.807) is 0 Å². The van der Waals surface area contributed by atoms with Crippen molar-refractivity contribution in [1.29, 1.82) is 0 Å². The fourth-order valence-electron chi connectivity index (χ4n) is 4.16. The molecule has 0 saturated carbocycles. The van der Waals surface area contributed by atoms with Crippen LogP contribution in [0.3, 0.4) is 0 Å². The molecule has 5 nitrogen and oxygen atoms in total. The Morgan fingerprint density at radius 1 is 1.13 bits per heavy atom. The second-order valence-corrected chi connectivity index (χ2v) is 9.24. The number of piperidine rings is 1. The molecule has 1 aromatic heterocycles. The first-order valence-electron chi connectivity index (χ1n) is 10.9. The second-order valence-electron chi connectivity index (χ2n) is 8.18. The number of quaternary nitrogens is 1. The van der Waals surface area contributed by atoms with E-state index in [0.29, 0.717) is 12.5 Å². The van der Waals surface area contributed by atoms with Crippen LogP contribution in [0.15, 0.2) is 54.6 Å². The van der Waals surface area contributed by atoms with E-state index in [1.165, 1.54) is 20.3 Å².